The van der Waals surface area contributed by atoms with Crippen molar-refractivity contribution >= 4 is 28.3 Å². The van der Waals surface area contributed by atoms with Gasteiger partial charge >= 0.3 is 0 Å². The van der Waals surface area contributed by atoms with Crippen LogP contribution >= 0.6 is 28.3 Å². The van der Waals surface area contributed by atoms with Crippen LogP contribution in [0.5, 0.6) is 5.75 Å². The fourth-order valence-electron chi connectivity index (χ4n) is 2.18. The van der Waals surface area contributed by atoms with E-state index in [-0.39, 0.29) is 30.1 Å². The number of ether oxygens (including phenoxy) is 1. The molecule has 102 valence electrons. The summed E-state index contributed by atoms with van der Waals surface area (Å²) >= 11 is 3.31. The molecule has 0 aliphatic carbocycles. The second kappa shape index (κ2) is 6.70. The molecule has 6 heteroatoms. The van der Waals surface area contributed by atoms with Crippen LogP contribution in [0.1, 0.15) is 24.4 Å². The van der Waals surface area contributed by atoms with Crippen LogP contribution in [-0.2, 0) is 4.74 Å². The molecule has 0 bridgehead atoms. The molecule has 0 amide bonds. The Hall–Kier alpha value is -0.360. The van der Waals surface area contributed by atoms with Gasteiger partial charge in [-0.05, 0) is 30.9 Å². The highest BCUT2D eigenvalue weighted by molar-refractivity contribution is 9.10. The van der Waals surface area contributed by atoms with Crippen molar-refractivity contribution in [2.24, 2.45) is 11.7 Å². The van der Waals surface area contributed by atoms with Gasteiger partial charge in [-0.25, -0.2) is 4.39 Å². The van der Waals surface area contributed by atoms with E-state index in [1.165, 1.54) is 6.07 Å². The molecule has 0 spiro atoms. The molecule has 1 saturated heterocycles. The number of phenolic OH excluding ortho intramolecular Hbond substituents is 1. The Kier molecular flexibility index (Phi) is 5.85. The fraction of sp³-hybridized carbons (Fsp3) is 0.500. The number of hydrogen-bond donors (Lipinski definition) is 2. The molecule has 1 heterocycles. The van der Waals surface area contributed by atoms with Gasteiger partial charge in [0.2, 0.25) is 0 Å². The zero-order chi connectivity index (χ0) is 12.4. The predicted molar refractivity (Wildman–Crippen MR) is 73.5 cm³/mol. The molecular formula is C12H16BrClFNO2. The summed E-state index contributed by atoms with van der Waals surface area (Å²) in [6.07, 6.45) is 1.67. The van der Waals surface area contributed by atoms with Crippen molar-refractivity contribution in [3.8, 4) is 5.75 Å². The summed E-state index contributed by atoms with van der Waals surface area (Å²) in [5, 5.41) is 9.76. The van der Waals surface area contributed by atoms with Gasteiger partial charge < -0.3 is 15.6 Å². The normalized spacial score (nSPS) is 18.2. The molecular weight excluding hydrogens is 324 g/mol. The van der Waals surface area contributed by atoms with E-state index in [2.05, 4.69) is 15.9 Å². The number of phenols is 1. The van der Waals surface area contributed by atoms with Crippen molar-refractivity contribution in [2.75, 3.05) is 13.2 Å². The van der Waals surface area contributed by atoms with Crippen LogP contribution in [0.4, 0.5) is 4.39 Å². The number of rotatable bonds is 2. The first kappa shape index (κ1) is 15.7. The second-order valence-corrected chi connectivity index (χ2v) is 5.12. The van der Waals surface area contributed by atoms with Gasteiger partial charge in [-0.1, -0.05) is 15.9 Å². The minimum Gasteiger partial charge on any atom is -0.505 e. The summed E-state index contributed by atoms with van der Waals surface area (Å²) in [4.78, 5) is 0. The molecule has 1 aliphatic rings. The zero-order valence-corrected chi connectivity index (χ0v) is 12.1. The molecule has 1 atom stereocenters. The molecule has 1 aliphatic heterocycles. The average Bonchev–Trinajstić information content (AvgIpc) is 2.35. The Morgan fingerprint density at radius 2 is 2.00 bits per heavy atom. The van der Waals surface area contributed by atoms with Crippen LogP contribution < -0.4 is 5.73 Å². The topological polar surface area (TPSA) is 55.5 Å². The van der Waals surface area contributed by atoms with Crippen molar-refractivity contribution < 1.29 is 14.2 Å². The predicted octanol–water partition coefficient (Wildman–Crippen LogP) is 3.14. The van der Waals surface area contributed by atoms with Crippen LogP contribution in [0.2, 0.25) is 0 Å². The molecule has 0 saturated carbocycles. The Bertz CT molecular complexity index is 413. The van der Waals surface area contributed by atoms with E-state index in [0.717, 1.165) is 12.8 Å². The molecule has 3 nitrogen and oxygen atoms in total. The Labute approximate surface area is 120 Å². The Morgan fingerprint density at radius 3 is 2.61 bits per heavy atom. The van der Waals surface area contributed by atoms with E-state index < -0.39 is 5.82 Å². The molecule has 0 unspecified atom stereocenters. The molecule has 18 heavy (non-hydrogen) atoms. The third-order valence-corrected chi connectivity index (χ3v) is 3.91. The first-order chi connectivity index (χ1) is 8.11. The molecule has 1 aromatic rings. The van der Waals surface area contributed by atoms with E-state index >= 15 is 0 Å². The average molecular weight is 341 g/mol. The molecule has 0 radical (unpaired) electrons. The molecule has 1 aromatic carbocycles. The highest BCUT2D eigenvalue weighted by Crippen LogP contribution is 2.38. The van der Waals surface area contributed by atoms with Crippen molar-refractivity contribution in [1.29, 1.82) is 0 Å². The Morgan fingerprint density at radius 1 is 1.39 bits per heavy atom. The number of hydrogen-bond acceptors (Lipinski definition) is 3. The SMILES string of the molecule is Cl.N[C@@H](c1c(Br)ccc(F)c1O)C1CCOCC1. The van der Waals surface area contributed by atoms with Gasteiger partial charge in [-0.2, -0.15) is 0 Å². The third-order valence-electron chi connectivity index (χ3n) is 3.22. The van der Waals surface area contributed by atoms with Gasteiger partial charge in [0.15, 0.2) is 11.6 Å². The summed E-state index contributed by atoms with van der Waals surface area (Å²) < 4.78 is 19.3. The summed E-state index contributed by atoms with van der Waals surface area (Å²) in [6.45, 7) is 1.35. The third kappa shape index (κ3) is 3.15. The molecule has 3 N–H and O–H groups in total. The van der Waals surface area contributed by atoms with Crippen LogP contribution in [0.15, 0.2) is 16.6 Å². The summed E-state index contributed by atoms with van der Waals surface area (Å²) in [5.41, 5.74) is 6.58. The van der Waals surface area contributed by atoms with Gasteiger partial charge in [-0.15, -0.1) is 12.4 Å². The lowest BCUT2D eigenvalue weighted by atomic mass is 9.87. The maximum Gasteiger partial charge on any atom is 0.165 e. The molecule has 2 rings (SSSR count). The van der Waals surface area contributed by atoms with Gasteiger partial charge in [-0.3, -0.25) is 0 Å². The van der Waals surface area contributed by atoms with Crippen LogP contribution in [-0.4, -0.2) is 18.3 Å². The van der Waals surface area contributed by atoms with E-state index in [0.29, 0.717) is 23.2 Å². The summed E-state index contributed by atoms with van der Waals surface area (Å²) in [7, 11) is 0. The van der Waals surface area contributed by atoms with Gasteiger partial charge in [0.25, 0.3) is 0 Å². The minimum absolute atomic E-state index is 0. The highest BCUT2D eigenvalue weighted by atomic mass is 79.9. The largest absolute Gasteiger partial charge is 0.505 e. The smallest absolute Gasteiger partial charge is 0.165 e. The molecule has 0 aromatic heterocycles. The second-order valence-electron chi connectivity index (χ2n) is 4.27. The van der Waals surface area contributed by atoms with Crippen LogP contribution in [0.25, 0.3) is 0 Å². The van der Waals surface area contributed by atoms with E-state index in [1.807, 2.05) is 0 Å². The maximum absolute atomic E-state index is 13.3. The van der Waals surface area contributed by atoms with Gasteiger partial charge in [0.1, 0.15) is 0 Å². The lowest BCUT2D eigenvalue weighted by Gasteiger charge is -2.28. The Balaban J connectivity index is 0.00000162. The first-order valence-electron chi connectivity index (χ1n) is 5.61. The first-order valence-corrected chi connectivity index (χ1v) is 6.40. The number of halogens is 3. The van der Waals surface area contributed by atoms with Crippen LogP contribution in [0, 0.1) is 11.7 Å². The summed E-state index contributed by atoms with van der Waals surface area (Å²) in [6, 6.07) is 2.42. The van der Waals surface area contributed by atoms with Crippen molar-refractivity contribution in [1.82, 2.24) is 0 Å². The highest BCUT2D eigenvalue weighted by Gasteiger charge is 2.27. The lowest BCUT2D eigenvalue weighted by Crippen LogP contribution is -2.27. The van der Waals surface area contributed by atoms with Crippen molar-refractivity contribution in [3.63, 3.8) is 0 Å². The zero-order valence-electron chi connectivity index (χ0n) is 9.73. The molecule has 1 fully saturated rings. The lowest BCUT2D eigenvalue weighted by molar-refractivity contribution is 0.0580. The number of benzene rings is 1. The quantitative estimate of drug-likeness (QED) is 0.869. The summed E-state index contributed by atoms with van der Waals surface area (Å²) in [5.74, 6) is -0.767. The van der Waals surface area contributed by atoms with Crippen LogP contribution in [0.3, 0.4) is 0 Å². The number of aromatic hydroxyl groups is 1. The van der Waals surface area contributed by atoms with Gasteiger partial charge in [0.05, 0.1) is 0 Å². The maximum atomic E-state index is 13.3. The fourth-order valence-corrected chi connectivity index (χ4v) is 2.77. The van der Waals surface area contributed by atoms with E-state index in [9.17, 15) is 9.50 Å². The number of nitrogens with two attached hydrogens (primary N) is 1. The standard InChI is InChI=1S/C12H15BrFNO2.ClH/c13-8-1-2-9(14)12(16)10(8)11(15)7-3-5-17-6-4-7;/h1-2,7,11,16H,3-6,15H2;1H/t11-;/m1./s1. The minimum atomic E-state index is -0.634. The van der Waals surface area contributed by atoms with Crippen molar-refractivity contribution in [2.45, 2.75) is 18.9 Å². The van der Waals surface area contributed by atoms with E-state index in [4.69, 9.17) is 10.5 Å². The van der Waals surface area contributed by atoms with E-state index in [1.54, 1.807) is 6.07 Å². The van der Waals surface area contributed by atoms with Gasteiger partial charge in [0, 0.05) is 29.3 Å². The van der Waals surface area contributed by atoms with Crippen molar-refractivity contribution in [3.05, 3.63) is 28.0 Å². The monoisotopic (exact) mass is 339 g/mol.